The van der Waals surface area contributed by atoms with Gasteiger partial charge in [-0.3, -0.25) is 9.69 Å². The highest BCUT2D eigenvalue weighted by Gasteiger charge is 2.14. The van der Waals surface area contributed by atoms with Gasteiger partial charge < -0.3 is 10.0 Å². The van der Waals surface area contributed by atoms with E-state index in [1.54, 1.807) is 31.1 Å². The van der Waals surface area contributed by atoms with Crippen LogP contribution in [0, 0.1) is 0 Å². The Morgan fingerprint density at radius 2 is 2.05 bits per heavy atom. The van der Waals surface area contributed by atoms with E-state index in [-0.39, 0.29) is 11.7 Å². The normalized spacial score (nSPS) is 10.8. The fourth-order valence-electron chi connectivity index (χ4n) is 1.79. The number of para-hydroxylation sites is 1. The van der Waals surface area contributed by atoms with E-state index < -0.39 is 0 Å². The van der Waals surface area contributed by atoms with Gasteiger partial charge in [-0.25, -0.2) is 0 Å². The predicted octanol–water partition coefficient (Wildman–Crippen LogP) is 2.35. The first-order valence-corrected chi connectivity index (χ1v) is 6.72. The van der Waals surface area contributed by atoms with Crippen LogP contribution in [0.1, 0.15) is 18.9 Å². The summed E-state index contributed by atoms with van der Waals surface area (Å²) in [6, 6.07) is 5.27. The molecule has 0 saturated carbocycles. The number of carbonyl (C=O) groups excluding carboxylic acids is 1. The van der Waals surface area contributed by atoms with Gasteiger partial charge in [0.25, 0.3) is 0 Å². The predicted molar refractivity (Wildman–Crippen MR) is 77.4 cm³/mol. The molecule has 0 aliphatic heterocycles. The Labute approximate surface area is 119 Å². The van der Waals surface area contributed by atoms with Gasteiger partial charge in [0.2, 0.25) is 5.91 Å². The van der Waals surface area contributed by atoms with Crippen molar-refractivity contribution < 1.29 is 9.90 Å². The Balaban J connectivity index is 2.78. The molecule has 1 amide bonds. The van der Waals surface area contributed by atoms with Gasteiger partial charge in [-0.05, 0) is 19.0 Å². The summed E-state index contributed by atoms with van der Waals surface area (Å²) in [5.41, 5.74) is 0.743. The van der Waals surface area contributed by atoms with Crippen molar-refractivity contribution in [1.29, 1.82) is 0 Å². The minimum Gasteiger partial charge on any atom is -0.506 e. The summed E-state index contributed by atoms with van der Waals surface area (Å²) < 4.78 is 0. The number of carbonyl (C=O) groups is 1. The number of phenolic OH excluding ortho intramolecular Hbond substituents is 1. The van der Waals surface area contributed by atoms with Gasteiger partial charge in [0.1, 0.15) is 5.75 Å². The first-order valence-electron chi connectivity index (χ1n) is 6.34. The number of phenols is 1. The maximum Gasteiger partial charge on any atom is 0.236 e. The molecule has 19 heavy (non-hydrogen) atoms. The molecule has 4 nitrogen and oxygen atoms in total. The fourth-order valence-corrected chi connectivity index (χ4v) is 1.99. The van der Waals surface area contributed by atoms with E-state index in [1.807, 2.05) is 11.0 Å². The van der Waals surface area contributed by atoms with Gasteiger partial charge in [0, 0.05) is 26.2 Å². The minimum absolute atomic E-state index is 0.0509. The second-order valence-electron chi connectivity index (χ2n) is 4.75. The minimum atomic E-state index is 0.0509. The van der Waals surface area contributed by atoms with E-state index in [0.717, 1.165) is 18.5 Å². The van der Waals surface area contributed by atoms with Gasteiger partial charge in [-0.2, -0.15) is 0 Å². The monoisotopic (exact) mass is 284 g/mol. The average molecular weight is 285 g/mol. The number of likely N-dealkylation sites (N-methyl/N-ethyl adjacent to an activating group) is 1. The summed E-state index contributed by atoms with van der Waals surface area (Å²) in [5, 5.41) is 10.2. The molecule has 1 aromatic rings. The molecular weight excluding hydrogens is 264 g/mol. The molecular formula is C14H21ClN2O2. The number of hydrogen-bond donors (Lipinski definition) is 1. The van der Waals surface area contributed by atoms with Crippen molar-refractivity contribution in [3.63, 3.8) is 0 Å². The zero-order chi connectivity index (χ0) is 14.4. The smallest absolute Gasteiger partial charge is 0.236 e. The van der Waals surface area contributed by atoms with E-state index in [2.05, 4.69) is 6.92 Å². The standard InChI is InChI=1S/C14H21ClN2O2/c1-4-8-17(10-13(18)16(2)3)9-11-6-5-7-12(15)14(11)19/h5-7,19H,4,8-10H2,1-3H3. The summed E-state index contributed by atoms with van der Waals surface area (Å²) in [5.74, 6) is 0.150. The highest BCUT2D eigenvalue weighted by atomic mass is 35.5. The lowest BCUT2D eigenvalue weighted by molar-refractivity contribution is -0.130. The molecule has 0 heterocycles. The molecule has 0 bridgehead atoms. The molecule has 1 rings (SSSR count). The molecule has 5 heteroatoms. The van der Waals surface area contributed by atoms with Crippen LogP contribution >= 0.6 is 11.6 Å². The first kappa shape index (κ1) is 15.8. The Morgan fingerprint density at radius 3 is 2.63 bits per heavy atom. The van der Waals surface area contributed by atoms with Crippen LogP contribution in [0.2, 0.25) is 5.02 Å². The molecule has 0 aromatic heterocycles. The number of hydrogen-bond acceptors (Lipinski definition) is 3. The summed E-state index contributed by atoms with van der Waals surface area (Å²) in [7, 11) is 3.48. The number of nitrogens with zero attached hydrogens (tertiary/aromatic N) is 2. The van der Waals surface area contributed by atoms with Gasteiger partial charge in [-0.1, -0.05) is 30.7 Å². The van der Waals surface area contributed by atoms with Crippen molar-refractivity contribution >= 4 is 17.5 Å². The molecule has 0 atom stereocenters. The SMILES string of the molecule is CCCN(CC(=O)N(C)C)Cc1cccc(Cl)c1O. The lowest BCUT2D eigenvalue weighted by atomic mass is 10.2. The molecule has 0 fully saturated rings. The molecule has 0 unspecified atom stereocenters. The van der Waals surface area contributed by atoms with E-state index >= 15 is 0 Å². The number of benzene rings is 1. The van der Waals surface area contributed by atoms with Crippen LogP contribution in [0.5, 0.6) is 5.75 Å². The zero-order valence-electron chi connectivity index (χ0n) is 11.7. The second-order valence-corrected chi connectivity index (χ2v) is 5.15. The number of rotatable bonds is 6. The van der Waals surface area contributed by atoms with Crippen molar-refractivity contribution in [2.24, 2.45) is 0 Å². The highest BCUT2D eigenvalue weighted by molar-refractivity contribution is 6.32. The van der Waals surface area contributed by atoms with E-state index in [4.69, 9.17) is 11.6 Å². The maximum absolute atomic E-state index is 11.8. The number of halogens is 1. The van der Waals surface area contributed by atoms with Crippen LogP contribution in [-0.4, -0.2) is 48.0 Å². The largest absolute Gasteiger partial charge is 0.506 e. The quantitative estimate of drug-likeness (QED) is 0.872. The molecule has 106 valence electrons. The first-order chi connectivity index (χ1) is 8.95. The highest BCUT2D eigenvalue weighted by Crippen LogP contribution is 2.27. The maximum atomic E-state index is 11.8. The van der Waals surface area contributed by atoms with Crippen molar-refractivity contribution in [3.05, 3.63) is 28.8 Å². The zero-order valence-corrected chi connectivity index (χ0v) is 12.4. The molecule has 0 aliphatic carbocycles. The Kier molecular flexibility index (Phi) is 6.12. The lowest BCUT2D eigenvalue weighted by Gasteiger charge is -2.23. The molecule has 1 aromatic carbocycles. The van der Waals surface area contributed by atoms with Crippen molar-refractivity contribution in [2.75, 3.05) is 27.2 Å². The Hall–Kier alpha value is -1.26. The van der Waals surface area contributed by atoms with E-state index in [0.29, 0.717) is 18.1 Å². The topological polar surface area (TPSA) is 43.8 Å². The molecule has 0 aliphatic rings. The third-order valence-electron chi connectivity index (χ3n) is 2.86. The van der Waals surface area contributed by atoms with Crippen molar-refractivity contribution in [2.45, 2.75) is 19.9 Å². The van der Waals surface area contributed by atoms with Crippen LogP contribution in [0.25, 0.3) is 0 Å². The summed E-state index contributed by atoms with van der Waals surface area (Å²) in [6.45, 7) is 3.71. The third-order valence-corrected chi connectivity index (χ3v) is 3.17. The van der Waals surface area contributed by atoms with E-state index in [1.165, 1.54) is 0 Å². The van der Waals surface area contributed by atoms with Crippen LogP contribution in [0.15, 0.2) is 18.2 Å². The van der Waals surface area contributed by atoms with Gasteiger partial charge in [0.05, 0.1) is 11.6 Å². The van der Waals surface area contributed by atoms with E-state index in [9.17, 15) is 9.90 Å². The third kappa shape index (κ3) is 4.73. The molecule has 0 radical (unpaired) electrons. The Morgan fingerprint density at radius 1 is 1.37 bits per heavy atom. The van der Waals surface area contributed by atoms with Crippen molar-refractivity contribution in [3.8, 4) is 5.75 Å². The van der Waals surface area contributed by atoms with Crippen LogP contribution in [-0.2, 0) is 11.3 Å². The summed E-state index contributed by atoms with van der Waals surface area (Å²) in [4.78, 5) is 15.3. The number of aromatic hydroxyl groups is 1. The molecule has 1 N–H and O–H groups in total. The lowest BCUT2D eigenvalue weighted by Crippen LogP contribution is -2.36. The van der Waals surface area contributed by atoms with Gasteiger partial charge >= 0.3 is 0 Å². The molecule has 0 spiro atoms. The van der Waals surface area contributed by atoms with Crippen LogP contribution in [0.3, 0.4) is 0 Å². The van der Waals surface area contributed by atoms with Crippen LogP contribution < -0.4 is 0 Å². The Bertz CT molecular complexity index is 435. The number of amides is 1. The van der Waals surface area contributed by atoms with Gasteiger partial charge in [0.15, 0.2) is 0 Å². The summed E-state index contributed by atoms with van der Waals surface area (Å²) in [6.07, 6.45) is 0.946. The fraction of sp³-hybridized carbons (Fsp3) is 0.500. The second kappa shape index (κ2) is 7.36. The van der Waals surface area contributed by atoms with Gasteiger partial charge in [-0.15, -0.1) is 0 Å². The average Bonchev–Trinajstić information content (AvgIpc) is 2.35. The molecule has 0 saturated heterocycles. The summed E-state index contributed by atoms with van der Waals surface area (Å²) >= 11 is 5.89. The van der Waals surface area contributed by atoms with Crippen LogP contribution in [0.4, 0.5) is 0 Å². The van der Waals surface area contributed by atoms with Crippen molar-refractivity contribution in [1.82, 2.24) is 9.80 Å².